The van der Waals surface area contributed by atoms with Gasteiger partial charge in [-0.15, -0.1) is 0 Å². The number of rotatable bonds is 2. The molecule has 30 heavy (non-hydrogen) atoms. The maximum Gasteiger partial charge on any atom is 0.258 e. The molecule has 3 heterocycles. The van der Waals surface area contributed by atoms with Gasteiger partial charge in [-0.3, -0.25) is 9.59 Å². The van der Waals surface area contributed by atoms with Crippen LogP contribution in [0.25, 0.3) is 11.1 Å². The molecule has 0 saturated carbocycles. The van der Waals surface area contributed by atoms with Crippen molar-refractivity contribution in [3.05, 3.63) is 93.7 Å². The van der Waals surface area contributed by atoms with E-state index in [-0.39, 0.29) is 29.1 Å². The van der Waals surface area contributed by atoms with Crippen molar-refractivity contribution in [2.75, 3.05) is 13.1 Å². The van der Waals surface area contributed by atoms with Crippen molar-refractivity contribution in [2.24, 2.45) is 5.92 Å². The minimum Gasteiger partial charge on any atom is -0.338 e. The summed E-state index contributed by atoms with van der Waals surface area (Å²) in [6.45, 7) is 3.84. The summed E-state index contributed by atoms with van der Waals surface area (Å²) in [4.78, 5) is 28.1. The van der Waals surface area contributed by atoms with Crippen molar-refractivity contribution in [3.8, 4) is 11.1 Å². The first-order valence-electron chi connectivity index (χ1n) is 10.4. The second-order valence-corrected chi connectivity index (χ2v) is 8.42. The molecule has 5 heteroatoms. The Balaban J connectivity index is 1.47. The average Bonchev–Trinajstić information content (AvgIpc) is 2.75. The highest BCUT2D eigenvalue weighted by atomic mass is 19.1. The van der Waals surface area contributed by atoms with Crippen LogP contribution < -0.4 is 5.56 Å². The van der Waals surface area contributed by atoms with E-state index in [1.165, 1.54) is 24.3 Å². The summed E-state index contributed by atoms with van der Waals surface area (Å²) in [5.74, 6) is -0.0390. The molecule has 5 rings (SSSR count). The monoisotopic (exact) mass is 402 g/mol. The van der Waals surface area contributed by atoms with Gasteiger partial charge in [0.1, 0.15) is 5.82 Å². The molecule has 2 aliphatic heterocycles. The largest absolute Gasteiger partial charge is 0.338 e. The Morgan fingerprint density at radius 1 is 0.933 bits per heavy atom. The third-order valence-electron chi connectivity index (χ3n) is 6.42. The van der Waals surface area contributed by atoms with E-state index in [9.17, 15) is 14.0 Å². The van der Waals surface area contributed by atoms with Crippen LogP contribution in [0, 0.1) is 18.7 Å². The highest BCUT2D eigenvalue weighted by molar-refractivity contribution is 5.94. The quantitative estimate of drug-likeness (QED) is 0.644. The number of hydrogen-bond donors (Lipinski definition) is 0. The fraction of sp³-hybridized carbons (Fsp3) is 0.280. The van der Waals surface area contributed by atoms with E-state index in [0.29, 0.717) is 25.2 Å². The first-order valence-corrected chi connectivity index (χ1v) is 10.4. The molecular formula is C25H23FN2O2. The van der Waals surface area contributed by atoms with Gasteiger partial charge in [0.15, 0.2) is 0 Å². The van der Waals surface area contributed by atoms with E-state index in [1.807, 2.05) is 46.7 Å². The van der Waals surface area contributed by atoms with Gasteiger partial charge >= 0.3 is 0 Å². The number of fused-ring (bicyclic) bond motifs is 4. The Hall–Kier alpha value is -3.21. The number of aromatic nitrogens is 1. The molecule has 0 N–H and O–H groups in total. The molecule has 2 atom stereocenters. The number of piperidine rings is 1. The van der Waals surface area contributed by atoms with Crippen LogP contribution in [0.1, 0.15) is 34.0 Å². The number of pyridine rings is 1. The van der Waals surface area contributed by atoms with Gasteiger partial charge in [-0.1, -0.05) is 24.3 Å². The lowest BCUT2D eigenvalue weighted by Gasteiger charge is -2.43. The number of benzene rings is 2. The second kappa shape index (κ2) is 7.24. The average molecular weight is 402 g/mol. The van der Waals surface area contributed by atoms with E-state index in [2.05, 4.69) is 6.07 Å². The lowest BCUT2D eigenvalue weighted by Crippen LogP contribution is -2.49. The number of amides is 1. The number of aryl methyl sites for hydroxylation is 1. The molecule has 0 aliphatic carbocycles. The van der Waals surface area contributed by atoms with Gasteiger partial charge in [-0.2, -0.15) is 0 Å². The van der Waals surface area contributed by atoms with Crippen LogP contribution in [0.2, 0.25) is 0 Å². The molecule has 2 aliphatic rings. The summed E-state index contributed by atoms with van der Waals surface area (Å²) in [6.07, 6.45) is 0.982. The lowest BCUT2D eigenvalue weighted by atomic mass is 9.82. The van der Waals surface area contributed by atoms with Gasteiger partial charge < -0.3 is 9.47 Å². The zero-order valence-electron chi connectivity index (χ0n) is 16.8. The molecule has 1 aromatic heterocycles. The highest BCUT2D eigenvalue weighted by Gasteiger charge is 2.37. The topological polar surface area (TPSA) is 42.3 Å². The van der Waals surface area contributed by atoms with Crippen LogP contribution in [0.4, 0.5) is 4.39 Å². The Morgan fingerprint density at radius 2 is 1.70 bits per heavy atom. The standard InChI is InChI=1S/C25H23FN2O2/c1-16-4-2-3-5-21(16)22-10-11-23-19-12-17(14-28(23)25(22)30)13-27(15-19)24(29)18-6-8-20(26)9-7-18/h2-11,17,19H,12-15H2,1H3. The number of likely N-dealkylation sites (tertiary alicyclic amines) is 1. The van der Waals surface area contributed by atoms with Gasteiger partial charge in [0.05, 0.1) is 0 Å². The maximum atomic E-state index is 13.3. The Kier molecular flexibility index (Phi) is 4.54. The van der Waals surface area contributed by atoms with Crippen LogP contribution in [0.15, 0.2) is 65.5 Å². The van der Waals surface area contributed by atoms with E-state index < -0.39 is 0 Å². The predicted octanol–water partition coefficient (Wildman–Crippen LogP) is 4.22. The smallest absolute Gasteiger partial charge is 0.258 e. The SMILES string of the molecule is Cc1ccccc1-c1ccc2n(c1=O)CC1CC2CN(C(=O)c2ccc(F)cc2)C1. The minimum absolute atomic E-state index is 0.0508. The van der Waals surface area contributed by atoms with Gasteiger partial charge in [0, 0.05) is 42.4 Å². The van der Waals surface area contributed by atoms with Gasteiger partial charge in [0.2, 0.25) is 0 Å². The van der Waals surface area contributed by atoms with Crippen LogP contribution in [-0.4, -0.2) is 28.5 Å². The van der Waals surface area contributed by atoms with Gasteiger partial charge in [-0.05, 0) is 66.8 Å². The molecule has 2 unspecified atom stereocenters. The minimum atomic E-state index is -0.347. The van der Waals surface area contributed by atoms with Crippen molar-refractivity contribution >= 4 is 5.91 Å². The Morgan fingerprint density at radius 3 is 2.47 bits per heavy atom. The fourth-order valence-electron chi connectivity index (χ4n) is 4.97. The first kappa shape index (κ1) is 18.8. The molecule has 2 aromatic carbocycles. The molecule has 0 radical (unpaired) electrons. The normalized spacial score (nSPS) is 20.0. The predicted molar refractivity (Wildman–Crippen MR) is 114 cm³/mol. The van der Waals surface area contributed by atoms with Crippen LogP contribution >= 0.6 is 0 Å². The summed E-state index contributed by atoms with van der Waals surface area (Å²) in [5, 5.41) is 0. The molecule has 0 spiro atoms. The van der Waals surface area contributed by atoms with Crippen molar-refractivity contribution in [3.63, 3.8) is 0 Å². The van der Waals surface area contributed by atoms with Gasteiger partial charge in [-0.25, -0.2) is 4.39 Å². The number of halogens is 1. The van der Waals surface area contributed by atoms with Crippen LogP contribution in [0.5, 0.6) is 0 Å². The summed E-state index contributed by atoms with van der Waals surface area (Å²) < 4.78 is 15.1. The zero-order valence-corrected chi connectivity index (χ0v) is 16.8. The molecule has 1 amide bonds. The van der Waals surface area contributed by atoms with Crippen molar-refractivity contribution in [1.82, 2.24) is 9.47 Å². The van der Waals surface area contributed by atoms with E-state index >= 15 is 0 Å². The van der Waals surface area contributed by atoms with Crippen molar-refractivity contribution in [1.29, 1.82) is 0 Å². The van der Waals surface area contributed by atoms with Crippen molar-refractivity contribution < 1.29 is 9.18 Å². The maximum absolute atomic E-state index is 13.3. The highest BCUT2D eigenvalue weighted by Crippen LogP contribution is 2.36. The number of hydrogen-bond acceptors (Lipinski definition) is 2. The van der Waals surface area contributed by atoms with E-state index in [1.54, 1.807) is 0 Å². The lowest BCUT2D eigenvalue weighted by molar-refractivity contribution is 0.0594. The number of nitrogens with zero attached hydrogens (tertiary/aromatic N) is 2. The zero-order chi connectivity index (χ0) is 20.8. The van der Waals surface area contributed by atoms with Crippen LogP contribution in [-0.2, 0) is 6.54 Å². The number of carbonyl (C=O) groups excluding carboxylic acids is 1. The summed E-state index contributed by atoms with van der Waals surface area (Å²) in [7, 11) is 0. The van der Waals surface area contributed by atoms with E-state index in [4.69, 9.17) is 0 Å². The summed E-state index contributed by atoms with van der Waals surface area (Å²) >= 11 is 0. The Labute approximate surface area is 174 Å². The summed E-state index contributed by atoms with van der Waals surface area (Å²) in [6, 6.07) is 17.6. The molecule has 4 nitrogen and oxygen atoms in total. The molecule has 1 fully saturated rings. The molecule has 1 saturated heterocycles. The van der Waals surface area contributed by atoms with Crippen LogP contribution in [0.3, 0.4) is 0 Å². The summed E-state index contributed by atoms with van der Waals surface area (Å²) in [5.41, 5.74) is 4.35. The first-order chi connectivity index (χ1) is 14.5. The van der Waals surface area contributed by atoms with Gasteiger partial charge in [0.25, 0.3) is 11.5 Å². The molecule has 2 bridgehead atoms. The Bertz CT molecular complexity index is 1180. The number of carbonyl (C=O) groups is 1. The fourth-order valence-corrected chi connectivity index (χ4v) is 4.97. The van der Waals surface area contributed by atoms with E-state index in [0.717, 1.165) is 28.8 Å². The second-order valence-electron chi connectivity index (χ2n) is 8.42. The molecule has 152 valence electrons. The third-order valence-corrected chi connectivity index (χ3v) is 6.42. The third kappa shape index (κ3) is 3.15. The molecule has 3 aromatic rings. The van der Waals surface area contributed by atoms with Crippen molar-refractivity contribution in [2.45, 2.75) is 25.8 Å². The molecular weight excluding hydrogens is 379 g/mol.